The van der Waals surface area contributed by atoms with Crippen molar-refractivity contribution in [3.05, 3.63) is 16.9 Å². The summed E-state index contributed by atoms with van der Waals surface area (Å²) in [4.78, 5) is 3.95. The first-order valence-electron chi connectivity index (χ1n) is 5.34. The lowest BCUT2D eigenvalue weighted by Gasteiger charge is -2.25. The molecule has 94 valence electrons. The van der Waals surface area contributed by atoms with Gasteiger partial charge in [0.05, 0.1) is 33.6 Å². The van der Waals surface area contributed by atoms with Crippen molar-refractivity contribution < 1.29 is 8.42 Å². The van der Waals surface area contributed by atoms with Crippen molar-refractivity contribution in [2.75, 3.05) is 22.6 Å². The maximum Gasteiger partial charge on any atom is 0.150 e. The van der Waals surface area contributed by atoms with Crippen molar-refractivity contribution in [1.29, 1.82) is 0 Å². The van der Waals surface area contributed by atoms with Crippen molar-refractivity contribution in [3.8, 4) is 0 Å². The van der Waals surface area contributed by atoms with E-state index in [1.54, 1.807) is 12.4 Å². The third-order valence-corrected chi connectivity index (χ3v) is 5.15. The number of nitrogens with two attached hydrogens (primary N) is 1. The molecule has 17 heavy (non-hydrogen) atoms. The molecule has 7 heteroatoms. The molecule has 3 N–H and O–H groups in total. The maximum atomic E-state index is 11.3. The molecule has 1 aliphatic heterocycles. The van der Waals surface area contributed by atoms with Crippen molar-refractivity contribution >= 4 is 37.1 Å². The fraction of sp³-hybridized carbons (Fsp3) is 0.500. The smallest absolute Gasteiger partial charge is 0.150 e. The van der Waals surface area contributed by atoms with Gasteiger partial charge < -0.3 is 11.1 Å². The van der Waals surface area contributed by atoms with Gasteiger partial charge in [-0.15, -0.1) is 0 Å². The minimum absolute atomic E-state index is 0.152. The number of hydrogen-bond donors (Lipinski definition) is 2. The minimum atomic E-state index is -2.82. The molecule has 0 amide bonds. The number of nitrogens with one attached hydrogen (secondary N) is 1. The van der Waals surface area contributed by atoms with Crippen molar-refractivity contribution in [2.24, 2.45) is 0 Å². The zero-order chi connectivity index (χ0) is 12.5. The van der Waals surface area contributed by atoms with Gasteiger partial charge in [-0.1, -0.05) is 0 Å². The van der Waals surface area contributed by atoms with E-state index in [-0.39, 0.29) is 17.5 Å². The average molecular weight is 320 g/mol. The molecule has 1 saturated heterocycles. The Morgan fingerprint density at radius 2 is 2.00 bits per heavy atom. The van der Waals surface area contributed by atoms with Crippen molar-refractivity contribution in [3.63, 3.8) is 0 Å². The molecule has 0 unspecified atom stereocenters. The number of nitrogen functional groups attached to an aromatic ring is 1. The first kappa shape index (κ1) is 12.6. The number of rotatable bonds is 2. The van der Waals surface area contributed by atoms with Crippen LogP contribution in [0, 0.1) is 0 Å². The normalized spacial score (nSPS) is 20.1. The Labute approximate surface area is 109 Å². The predicted octanol–water partition coefficient (Wildman–Crippen LogP) is 1.42. The second-order valence-electron chi connectivity index (χ2n) is 4.16. The highest BCUT2D eigenvalue weighted by Gasteiger charge is 2.24. The van der Waals surface area contributed by atoms with Crippen LogP contribution in [0.25, 0.3) is 0 Å². The monoisotopic (exact) mass is 319 g/mol. The molecule has 2 heterocycles. The van der Waals surface area contributed by atoms with Crippen LogP contribution in [0.15, 0.2) is 16.9 Å². The van der Waals surface area contributed by atoms with Gasteiger partial charge in [-0.25, -0.2) is 8.42 Å². The molecule has 2 rings (SSSR count). The molecule has 0 spiro atoms. The van der Waals surface area contributed by atoms with Gasteiger partial charge in [0.1, 0.15) is 9.84 Å². The Hall–Kier alpha value is -0.820. The van der Waals surface area contributed by atoms with Crippen molar-refractivity contribution in [2.45, 2.75) is 18.9 Å². The molecule has 1 fully saturated rings. The van der Waals surface area contributed by atoms with Gasteiger partial charge in [0.2, 0.25) is 0 Å². The number of anilines is 2. The Kier molecular flexibility index (Phi) is 3.58. The van der Waals surface area contributed by atoms with Gasteiger partial charge in [0.25, 0.3) is 0 Å². The molecule has 0 aromatic carbocycles. The van der Waals surface area contributed by atoms with Gasteiger partial charge >= 0.3 is 0 Å². The van der Waals surface area contributed by atoms with Gasteiger partial charge in [0, 0.05) is 12.2 Å². The highest BCUT2D eigenvalue weighted by molar-refractivity contribution is 9.10. The molecule has 1 aromatic rings. The Bertz CT molecular complexity index is 484. The predicted molar refractivity (Wildman–Crippen MR) is 71.6 cm³/mol. The Morgan fingerprint density at radius 1 is 1.35 bits per heavy atom. The molecule has 0 radical (unpaired) electrons. The number of pyridine rings is 1. The standard InChI is InChI=1S/C10H14BrN3O2S/c11-8-5-13-6-9(12)10(8)14-7-1-3-17(15,16)4-2-7/h5-7H,1-4,12H2,(H,13,14). The van der Waals surface area contributed by atoms with Crippen LogP contribution in [0.1, 0.15) is 12.8 Å². The van der Waals surface area contributed by atoms with Crippen LogP contribution in [-0.4, -0.2) is 30.9 Å². The van der Waals surface area contributed by atoms with E-state index < -0.39 is 9.84 Å². The Morgan fingerprint density at radius 3 is 2.59 bits per heavy atom. The summed E-state index contributed by atoms with van der Waals surface area (Å²) < 4.78 is 23.4. The van der Waals surface area contributed by atoms with Crippen LogP contribution in [0.5, 0.6) is 0 Å². The maximum absolute atomic E-state index is 11.3. The van der Waals surface area contributed by atoms with Gasteiger partial charge in [0.15, 0.2) is 0 Å². The zero-order valence-electron chi connectivity index (χ0n) is 9.19. The summed E-state index contributed by atoms with van der Waals surface area (Å²) in [5.74, 6) is 0.487. The highest BCUT2D eigenvalue weighted by atomic mass is 79.9. The molecule has 1 aliphatic rings. The van der Waals surface area contributed by atoms with Crippen LogP contribution in [0.2, 0.25) is 0 Å². The summed E-state index contributed by atoms with van der Waals surface area (Å²) in [6.45, 7) is 0. The lowest BCUT2D eigenvalue weighted by atomic mass is 10.1. The van der Waals surface area contributed by atoms with Gasteiger partial charge in [-0.3, -0.25) is 4.98 Å². The SMILES string of the molecule is Nc1cncc(Br)c1NC1CCS(=O)(=O)CC1. The van der Waals surface area contributed by atoms with Crippen LogP contribution in [0.4, 0.5) is 11.4 Å². The third-order valence-electron chi connectivity index (χ3n) is 2.83. The van der Waals surface area contributed by atoms with Crippen LogP contribution < -0.4 is 11.1 Å². The van der Waals surface area contributed by atoms with E-state index in [9.17, 15) is 8.42 Å². The van der Waals surface area contributed by atoms with E-state index in [1.165, 1.54) is 0 Å². The van der Waals surface area contributed by atoms with Gasteiger partial charge in [-0.2, -0.15) is 0 Å². The first-order chi connectivity index (χ1) is 7.98. The summed E-state index contributed by atoms with van der Waals surface area (Å²) in [6.07, 6.45) is 4.48. The number of halogens is 1. The van der Waals surface area contributed by atoms with Crippen LogP contribution >= 0.6 is 15.9 Å². The van der Waals surface area contributed by atoms with E-state index in [0.29, 0.717) is 18.5 Å². The molecular weight excluding hydrogens is 306 g/mol. The lowest BCUT2D eigenvalue weighted by Crippen LogP contribution is -2.32. The summed E-state index contributed by atoms with van der Waals surface area (Å²) in [7, 11) is -2.82. The van der Waals surface area contributed by atoms with Crippen LogP contribution in [-0.2, 0) is 9.84 Å². The minimum Gasteiger partial charge on any atom is -0.396 e. The quantitative estimate of drug-likeness (QED) is 0.861. The second-order valence-corrected chi connectivity index (χ2v) is 7.31. The molecule has 1 aromatic heterocycles. The second kappa shape index (κ2) is 4.81. The average Bonchev–Trinajstić information content (AvgIpc) is 2.26. The van der Waals surface area contributed by atoms with E-state index in [2.05, 4.69) is 26.2 Å². The van der Waals surface area contributed by atoms with E-state index >= 15 is 0 Å². The fourth-order valence-corrected chi connectivity index (χ4v) is 3.79. The fourth-order valence-electron chi connectivity index (χ4n) is 1.84. The number of nitrogens with zero attached hydrogens (tertiary/aromatic N) is 1. The number of sulfone groups is 1. The summed E-state index contributed by atoms with van der Waals surface area (Å²) in [6, 6.07) is 0.152. The molecule has 0 aliphatic carbocycles. The third kappa shape index (κ3) is 3.10. The van der Waals surface area contributed by atoms with Gasteiger partial charge in [-0.05, 0) is 28.8 Å². The number of aromatic nitrogens is 1. The molecule has 5 nitrogen and oxygen atoms in total. The highest BCUT2D eigenvalue weighted by Crippen LogP contribution is 2.29. The lowest BCUT2D eigenvalue weighted by molar-refractivity contribution is 0.559. The first-order valence-corrected chi connectivity index (χ1v) is 7.95. The summed E-state index contributed by atoms with van der Waals surface area (Å²) in [5.41, 5.74) is 7.18. The molecule has 0 saturated carbocycles. The molecule has 0 bridgehead atoms. The zero-order valence-corrected chi connectivity index (χ0v) is 11.6. The largest absolute Gasteiger partial charge is 0.396 e. The summed E-state index contributed by atoms with van der Waals surface area (Å²) >= 11 is 3.37. The van der Waals surface area contributed by atoms with Crippen molar-refractivity contribution in [1.82, 2.24) is 4.98 Å². The van der Waals surface area contributed by atoms with Crippen LogP contribution in [0.3, 0.4) is 0 Å². The topological polar surface area (TPSA) is 85.1 Å². The van der Waals surface area contributed by atoms with E-state index in [4.69, 9.17) is 5.73 Å². The Balaban J connectivity index is 2.08. The number of hydrogen-bond acceptors (Lipinski definition) is 5. The van der Waals surface area contributed by atoms with E-state index in [0.717, 1.165) is 10.2 Å². The molecular formula is C10H14BrN3O2S. The molecule has 0 atom stereocenters. The summed E-state index contributed by atoms with van der Waals surface area (Å²) in [5, 5.41) is 3.28. The van der Waals surface area contributed by atoms with E-state index in [1.807, 2.05) is 0 Å².